The quantitative estimate of drug-likeness (QED) is 0.220. The van der Waals surface area contributed by atoms with Gasteiger partial charge in [0.05, 0.1) is 30.0 Å². The molecule has 0 unspecified atom stereocenters. The van der Waals surface area contributed by atoms with Gasteiger partial charge >= 0.3 is 6.03 Å². The van der Waals surface area contributed by atoms with Gasteiger partial charge in [-0.2, -0.15) is 0 Å². The first-order chi connectivity index (χ1) is 21.2. The Morgan fingerprint density at radius 3 is 2.40 bits per heavy atom. The van der Waals surface area contributed by atoms with Crippen LogP contribution in [0.25, 0.3) is 5.69 Å². The van der Waals surface area contributed by atoms with Gasteiger partial charge in [-0.05, 0) is 61.8 Å². The summed E-state index contributed by atoms with van der Waals surface area (Å²) in [5, 5.41) is 10.8. The fourth-order valence-corrected chi connectivity index (χ4v) is 6.73. The van der Waals surface area contributed by atoms with Crippen molar-refractivity contribution in [1.82, 2.24) is 20.0 Å². The lowest BCUT2D eigenvalue weighted by Gasteiger charge is -2.38. The molecule has 1 aromatic heterocycles. The molecule has 2 N–H and O–H groups in total. The summed E-state index contributed by atoms with van der Waals surface area (Å²) in [7, 11) is -0.368. The van der Waals surface area contributed by atoms with Crippen molar-refractivity contribution in [3.8, 4) is 11.6 Å². The number of carbonyl (C=O) groups is 1. The molecular formula is C33H47F2N5O4Si. The van der Waals surface area contributed by atoms with Gasteiger partial charge in [0, 0.05) is 38.7 Å². The number of ether oxygens (including phenoxy) is 2. The van der Waals surface area contributed by atoms with Gasteiger partial charge in [-0.1, -0.05) is 39.0 Å². The van der Waals surface area contributed by atoms with Gasteiger partial charge in [0.25, 0.3) is 0 Å². The van der Waals surface area contributed by atoms with Crippen molar-refractivity contribution >= 4 is 20.2 Å². The first kappa shape index (κ1) is 34.5. The van der Waals surface area contributed by atoms with Crippen LogP contribution < -0.4 is 15.4 Å². The maximum Gasteiger partial charge on any atom is 0.320 e. The lowest BCUT2D eigenvalue weighted by molar-refractivity contribution is 0.126. The largest absolute Gasteiger partial charge is 0.474 e. The van der Waals surface area contributed by atoms with Gasteiger partial charge in [0.1, 0.15) is 24.1 Å². The van der Waals surface area contributed by atoms with Crippen LogP contribution in [0.15, 0.2) is 48.5 Å². The van der Waals surface area contributed by atoms with Crippen LogP contribution in [-0.4, -0.2) is 81.1 Å². The van der Waals surface area contributed by atoms with E-state index in [1.165, 1.54) is 12.1 Å². The smallest absolute Gasteiger partial charge is 0.320 e. The number of methoxy groups -OCH3 is 1. The predicted octanol–water partition coefficient (Wildman–Crippen LogP) is 6.48. The van der Waals surface area contributed by atoms with Crippen LogP contribution in [0.3, 0.4) is 0 Å². The minimum Gasteiger partial charge on any atom is -0.474 e. The highest BCUT2D eigenvalue weighted by atomic mass is 28.4. The lowest BCUT2D eigenvalue weighted by Crippen LogP contribution is -2.44. The number of aromatic nitrogens is 2. The zero-order valence-electron chi connectivity index (χ0n) is 27.6. The number of amides is 2. The van der Waals surface area contributed by atoms with Crippen molar-refractivity contribution in [2.24, 2.45) is 0 Å². The normalized spacial score (nSPS) is 18.2. The van der Waals surface area contributed by atoms with E-state index in [0.29, 0.717) is 55.7 Å². The first-order valence-corrected chi connectivity index (χ1v) is 18.3. The summed E-state index contributed by atoms with van der Waals surface area (Å²) in [6.45, 7) is 17.3. The number of para-hydroxylation sites is 1. The van der Waals surface area contributed by atoms with E-state index in [1.54, 1.807) is 11.8 Å². The molecule has 2 heterocycles. The van der Waals surface area contributed by atoms with Crippen LogP contribution in [0, 0.1) is 18.6 Å². The van der Waals surface area contributed by atoms with Crippen LogP contribution in [0.5, 0.6) is 5.88 Å². The van der Waals surface area contributed by atoms with Gasteiger partial charge in [0.15, 0.2) is 8.32 Å². The summed E-state index contributed by atoms with van der Waals surface area (Å²) in [6.07, 6.45) is -0.153. The number of anilines is 1. The van der Waals surface area contributed by atoms with Crippen LogP contribution in [0.1, 0.15) is 44.7 Å². The molecule has 3 atom stereocenters. The fraction of sp³-hybridized carbons (Fsp3) is 0.515. The second-order valence-electron chi connectivity index (χ2n) is 13.3. The second-order valence-corrected chi connectivity index (χ2v) is 18.0. The van der Waals surface area contributed by atoms with Gasteiger partial charge in [-0.25, -0.2) is 18.3 Å². The summed E-state index contributed by atoms with van der Waals surface area (Å²) in [6, 6.07) is 12.1. The minimum absolute atomic E-state index is 0.0679. The van der Waals surface area contributed by atoms with Crippen molar-refractivity contribution in [2.45, 2.75) is 70.8 Å². The Balaban J connectivity index is 1.54. The molecule has 246 valence electrons. The molecular weight excluding hydrogens is 596 g/mol. The van der Waals surface area contributed by atoms with Crippen molar-refractivity contribution in [3.05, 3.63) is 71.3 Å². The van der Waals surface area contributed by atoms with Crippen molar-refractivity contribution in [3.63, 3.8) is 0 Å². The van der Waals surface area contributed by atoms with E-state index >= 15 is 0 Å². The second kappa shape index (κ2) is 14.4. The maximum atomic E-state index is 14.2. The molecule has 0 aliphatic carbocycles. The fourth-order valence-electron chi connectivity index (χ4n) is 5.30. The molecule has 1 fully saturated rings. The van der Waals surface area contributed by atoms with Crippen LogP contribution in [-0.2, 0) is 9.16 Å². The molecule has 1 aliphatic rings. The molecule has 45 heavy (non-hydrogen) atoms. The van der Waals surface area contributed by atoms with Gasteiger partial charge in [-0.15, -0.1) is 5.10 Å². The molecule has 4 rings (SSSR count). The van der Waals surface area contributed by atoms with Crippen molar-refractivity contribution < 1.29 is 27.5 Å². The van der Waals surface area contributed by atoms with Gasteiger partial charge < -0.3 is 19.2 Å². The summed E-state index contributed by atoms with van der Waals surface area (Å²) in [4.78, 5) is 15.7. The molecule has 0 bridgehead atoms. The third kappa shape index (κ3) is 8.69. The highest BCUT2D eigenvalue weighted by Crippen LogP contribution is 2.37. The number of hydrogen-bond acceptors (Lipinski definition) is 6. The Kier molecular flexibility index (Phi) is 11.1. The topological polar surface area (TPSA) is 89.9 Å². The predicted molar refractivity (Wildman–Crippen MR) is 175 cm³/mol. The lowest BCUT2D eigenvalue weighted by atomic mass is 9.94. The first-order valence-electron chi connectivity index (χ1n) is 15.4. The minimum atomic E-state index is -1.99. The number of nitrogens with one attached hydrogen (secondary N) is 2. The van der Waals surface area contributed by atoms with E-state index in [0.717, 1.165) is 11.8 Å². The Bertz CT molecular complexity index is 1430. The summed E-state index contributed by atoms with van der Waals surface area (Å²) in [5.41, 5.74) is 1.90. The SMILES string of the molecule is COCCN1C[C@@H](NC(=O)Nc2c(C)c(OC[C@H](C)O[Si](C)(C)C(C)(C)C)nn2-c2ccccc2)[C@H](c2cc(F)cc(F)c2)C1. The standard InChI is InChI=1S/C33H47F2N5O4Si/c1-22(44-45(7,8)33(3,4)5)21-43-31-23(2)30(40(38-31)27-12-10-9-11-13-27)37-32(41)36-29-20-39(14-15-42-6)19-28(29)24-16-25(34)18-26(35)17-24/h9-13,16-18,22,28-29H,14-15,19-21H2,1-8H3,(H2,36,37,41)/t22-,28-,29+/m0/s1. The Morgan fingerprint density at radius 2 is 1.78 bits per heavy atom. The average Bonchev–Trinajstić information content (AvgIpc) is 3.50. The maximum absolute atomic E-state index is 14.2. The van der Waals surface area contributed by atoms with E-state index in [2.05, 4.69) is 49.4 Å². The average molecular weight is 644 g/mol. The number of carbonyl (C=O) groups excluding carboxylic acids is 1. The number of nitrogens with zero attached hydrogens (tertiary/aromatic N) is 3. The zero-order chi connectivity index (χ0) is 32.9. The number of benzene rings is 2. The van der Waals surface area contributed by atoms with Crippen LogP contribution in [0.4, 0.5) is 19.4 Å². The number of halogens is 2. The van der Waals surface area contributed by atoms with Crippen LogP contribution >= 0.6 is 0 Å². The van der Waals surface area contributed by atoms with E-state index in [1.807, 2.05) is 44.2 Å². The third-order valence-corrected chi connectivity index (χ3v) is 13.3. The zero-order valence-corrected chi connectivity index (χ0v) is 28.6. The van der Waals surface area contributed by atoms with Crippen molar-refractivity contribution in [1.29, 1.82) is 0 Å². The van der Waals surface area contributed by atoms with E-state index in [9.17, 15) is 13.6 Å². The molecule has 2 amide bonds. The molecule has 0 radical (unpaired) electrons. The molecule has 1 saturated heterocycles. The van der Waals surface area contributed by atoms with Gasteiger partial charge in [-0.3, -0.25) is 10.2 Å². The molecule has 12 heteroatoms. The Labute approximate surface area is 266 Å². The Hall–Kier alpha value is -3.32. The molecule has 3 aromatic rings. The summed E-state index contributed by atoms with van der Waals surface area (Å²) in [5.74, 6) is -0.780. The highest BCUT2D eigenvalue weighted by Gasteiger charge is 2.39. The molecule has 9 nitrogen and oxygen atoms in total. The summed E-state index contributed by atoms with van der Waals surface area (Å²) < 4.78 is 47.8. The van der Waals surface area contributed by atoms with Crippen LogP contribution in [0.2, 0.25) is 18.1 Å². The molecule has 0 spiro atoms. The number of urea groups is 1. The Morgan fingerprint density at radius 1 is 1.11 bits per heavy atom. The highest BCUT2D eigenvalue weighted by molar-refractivity contribution is 6.74. The molecule has 0 saturated carbocycles. The number of rotatable bonds is 12. The van der Waals surface area contributed by atoms with Crippen molar-refractivity contribution in [2.75, 3.05) is 45.3 Å². The monoisotopic (exact) mass is 643 g/mol. The number of hydrogen-bond donors (Lipinski definition) is 2. The van der Waals surface area contributed by atoms with E-state index in [4.69, 9.17) is 19.0 Å². The van der Waals surface area contributed by atoms with Gasteiger partial charge in [0.2, 0.25) is 5.88 Å². The number of likely N-dealkylation sites (tertiary alicyclic amines) is 1. The molecule has 1 aliphatic heterocycles. The third-order valence-electron chi connectivity index (χ3n) is 8.70. The molecule has 2 aromatic carbocycles. The van der Waals surface area contributed by atoms with E-state index < -0.39 is 32.0 Å². The van der Waals surface area contributed by atoms with E-state index in [-0.39, 0.29) is 17.1 Å². The summed E-state index contributed by atoms with van der Waals surface area (Å²) >= 11 is 0.